The van der Waals surface area contributed by atoms with Gasteiger partial charge in [0.15, 0.2) is 0 Å². The summed E-state index contributed by atoms with van der Waals surface area (Å²) in [5.41, 5.74) is 0.913. The molecule has 1 N–H and O–H groups in total. The van der Waals surface area contributed by atoms with Gasteiger partial charge in [-0.3, -0.25) is 0 Å². The number of halogens is 1. The second kappa shape index (κ2) is 4.90. The number of hydrogen-bond acceptors (Lipinski definition) is 4. The molecule has 1 unspecified atom stereocenters. The summed E-state index contributed by atoms with van der Waals surface area (Å²) >= 11 is 7.65. The van der Waals surface area contributed by atoms with Gasteiger partial charge in [-0.05, 0) is 19.8 Å². The minimum absolute atomic E-state index is 0.136. The van der Waals surface area contributed by atoms with E-state index in [4.69, 9.17) is 16.7 Å². The summed E-state index contributed by atoms with van der Waals surface area (Å²) in [6.45, 7) is 4.03. The predicted octanol–water partition coefficient (Wildman–Crippen LogP) is 2.79. The van der Waals surface area contributed by atoms with Gasteiger partial charge in [0.2, 0.25) is 0 Å². The van der Waals surface area contributed by atoms with Crippen molar-refractivity contribution in [3.63, 3.8) is 0 Å². The molecule has 0 aromatic carbocycles. The monoisotopic (exact) mass is 258 g/mol. The summed E-state index contributed by atoms with van der Waals surface area (Å²) in [5, 5.41) is 10.6. The van der Waals surface area contributed by atoms with Crippen LogP contribution in [0.4, 0.5) is 0 Å². The Morgan fingerprint density at radius 2 is 2.19 bits per heavy atom. The molecule has 1 fully saturated rings. The van der Waals surface area contributed by atoms with E-state index in [1.165, 1.54) is 12.8 Å². The van der Waals surface area contributed by atoms with Crippen LogP contribution >= 0.6 is 23.4 Å². The third kappa shape index (κ3) is 2.67. The first kappa shape index (κ1) is 12.1. The predicted molar refractivity (Wildman–Crippen MR) is 66.2 cm³/mol. The van der Waals surface area contributed by atoms with Gasteiger partial charge >= 0.3 is 0 Å². The van der Waals surface area contributed by atoms with E-state index in [1.807, 2.05) is 13.8 Å². The zero-order valence-electron chi connectivity index (χ0n) is 9.40. The topological polar surface area (TPSA) is 46.0 Å². The number of nitrogens with zero attached hydrogens (tertiary/aromatic N) is 2. The third-order valence-electron chi connectivity index (χ3n) is 2.57. The van der Waals surface area contributed by atoms with E-state index in [0.29, 0.717) is 11.1 Å². The van der Waals surface area contributed by atoms with Crippen molar-refractivity contribution in [2.45, 2.75) is 42.9 Å². The Hall–Kier alpha value is -0.320. The average Bonchev–Trinajstić information content (AvgIpc) is 3.07. The molecule has 1 aliphatic rings. The molecule has 3 nitrogen and oxygen atoms in total. The van der Waals surface area contributed by atoms with Crippen LogP contribution in [-0.2, 0) is 0 Å². The summed E-state index contributed by atoms with van der Waals surface area (Å²) in [5.74, 6) is 1.37. The Bertz CT molecular complexity index is 396. The van der Waals surface area contributed by atoms with Crippen LogP contribution in [0.1, 0.15) is 37.1 Å². The van der Waals surface area contributed by atoms with E-state index >= 15 is 0 Å². The quantitative estimate of drug-likeness (QED) is 0.666. The number of hydrogen-bond donors (Lipinski definition) is 1. The number of thioether (sulfide) groups is 1. The Kier molecular flexibility index (Phi) is 3.72. The van der Waals surface area contributed by atoms with Gasteiger partial charge in [0.1, 0.15) is 16.0 Å². The van der Waals surface area contributed by atoms with Crippen molar-refractivity contribution in [3.05, 3.63) is 16.5 Å². The number of rotatable bonds is 4. The zero-order valence-corrected chi connectivity index (χ0v) is 11.0. The molecular weight excluding hydrogens is 244 g/mol. The maximum Gasteiger partial charge on any atom is 0.136 e. The van der Waals surface area contributed by atoms with E-state index in [2.05, 4.69) is 9.97 Å². The first-order valence-corrected chi connectivity index (χ1v) is 6.69. The molecule has 0 aliphatic heterocycles. The second-order valence-electron chi connectivity index (χ2n) is 4.19. The molecule has 1 aliphatic carbocycles. The minimum Gasteiger partial charge on any atom is -0.395 e. The van der Waals surface area contributed by atoms with Gasteiger partial charge in [-0.25, -0.2) is 9.97 Å². The second-order valence-corrected chi connectivity index (χ2v) is 5.97. The van der Waals surface area contributed by atoms with Crippen LogP contribution in [-0.4, -0.2) is 26.9 Å². The Labute approximate surface area is 105 Å². The highest BCUT2D eigenvalue weighted by molar-refractivity contribution is 7.99. The van der Waals surface area contributed by atoms with E-state index < -0.39 is 0 Å². The van der Waals surface area contributed by atoms with E-state index in [-0.39, 0.29) is 11.9 Å². The summed E-state index contributed by atoms with van der Waals surface area (Å²) < 4.78 is 0. The highest BCUT2D eigenvalue weighted by atomic mass is 35.5. The van der Waals surface area contributed by atoms with Crippen molar-refractivity contribution in [2.24, 2.45) is 0 Å². The highest BCUT2D eigenvalue weighted by Crippen LogP contribution is 2.40. The fraction of sp³-hybridized carbons (Fsp3) is 0.636. The molecule has 0 spiro atoms. The smallest absolute Gasteiger partial charge is 0.136 e. The molecule has 2 rings (SSSR count). The van der Waals surface area contributed by atoms with E-state index in [0.717, 1.165) is 16.4 Å². The molecule has 5 heteroatoms. The molecule has 1 saturated carbocycles. The molecule has 1 aromatic rings. The molecule has 0 amide bonds. The van der Waals surface area contributed by atoms with E-state index in [9.17, 15) is 0 Å². The van der Waals surface area contributed by atoms with Gasteiger partial charge in [-0.1, -0.05) is 18.5 Å². The van der Waals surface area contributed by atoms with Gasteiger partial charge in [0.05, 0.1) is 6.61 Å². The molecule has 1 heterocycles. The molecule has 16 heavy (non-hydrogen) atoms. The van der Waals surface area contributed by atoms with Crippen molar-refractivity contribution in [1.82, 2.24) is 9.97 Å². The number of aromatic nitrogens is 2. The Morgan fingerprint density at radius 1 is 1.50 bits per heavy atom. The van der Waals surface area contributed by atoms with Crippen LogP contribution in [0.15, 0.2) is 5.03 Å². The molecule has 1 aromatic heterocycles. The Morgan fingerprint density at radius 3 is 2.75 bits per heavy atom. The molecule has 0 saturated heterocycles. The number of aliphatic hydroxyl groups is 1. The SMILES string of the molecule is Cc1c(Cl)nc(C2CC2)nc1SC(C)CO. The van der Waals surface area contributed by atoms with Crippen LogP contribution < -0.4 is 0 Å². The largest absolute Gasteiger partial charge is 0.395 e. The van der Waals surface area contributed by atoms with Crippen LogP contribution in [0, 0.1) is 6.92 Å². The summed E-state index contributed by atoms with van der Waals surface area (Å²) in [6, 6.07) is 0. The first-order valence-electron chi connectivity index (χ1n) is 5.43. The highest BCUT2D eigenvalue weighted by Gasteiger charge is 2.28. The van der Waals surface area contributed by atoms with Gasteiger partial charge in [-0.2, -0.15) is 0 Å². The molecule has 0 radical (unpaired) electrons. The molecule has 1 atom stereocenters. The number of aliphatic hydroxyl groups excluding tert-OH is 1. The normalized spacial score (nSPS) is 17.5. The van der Waals surface area contributed by atoms with Crippen molar-refractivity contribution in [1.29, 1.82) is 0 Å². The average molecular weight is 259 g/mol. The van der Waals surface area contributed by atoms with Crippen molar-refractivity contribution >= 4 is 23.4 Å². The lowest BCUT2D eigenvalue weighted by atomic mass is 10.3. The fourth-order valence-electron chi connectivity index (χ4n) is 1.35. The van der Waals surface area contributed by atoms with Gasteiger partial charge in [-0.15, -0.1) is 11.8 Å². The minimum atomic E-state index is 0.136. The summed E-state index contributed by atoms with van der Waals surface area (Å²) in [7, 11) is 0. The van der Waals surface area contributed by atoms with Crippen molar-refractivity contribution in [2.75, 3.05) is 6.61 Å². The van der Waals surface area contributed by atoms with Gasteiger partial charge in [0.25, 0.3) is 0 Å². The fourth-order valence-corrected chi connectivity index (χ4v) is 2.46. The summed E-state index contributed by atoms with van der Waals surface area (Å²) in [4.78, 5) is 8.85. The molecule has 88 valence electrons. The van der Waals surface area contributed by atoms with Crippen LogP contribution in [0.25, 0.3) is 0 Å². The Balaban J connectivity index is 2.27. The van der Waals surface area contributed by atoms with Crippen molar-refractivity contribution < 1.29 is 5.11 Å². The maximum absolute atomic E-state index is 9.05. The molecule has 0 bridgehead atoms. The van der Waals surface area contributed by atoms with Crippen molar-refractivity contribution in [3.8, 4) is 0 Å². The first-order chi connectivity index (χ1) is 7.61. The summed E-state index contributed by atoms with van der Waals surface area (Å²) in [6.07, 6.45) is 2.33. The zero-order chi connectivity index (χ0) is 11.7. The standard InChI is InChI=1S/C11H15ClN2OS/c1-6(5-15)16-11-7(2)9(12)13-10(14-11)8-3-4-8/h6,8,15H,3-5H2,1-2H3. The lowest BCUT2D eigenvalue weighted by molar-refractivity contribution is 0.300. The van der Waals surface area contributed by atoms with Crippen LogP contribution in [0.3, 0.4) is 0 Å². The maximum atomic E-state index is 9.05. The molecular formula is C11H15ClN2OS. The van der Waals surface area contributed by atoms with Gasteiger partial charge < -0.3 is 5.11 Å². The lowest BCUT2D eigenvalue weighted by Gasteiger charge is -2.11. The van der Waals surface area contributed by atoms with Crippen LogP contribution in [0.5, 0.6) is 0 Å². The van der Waals surface area contributed by atoms with Gasteiger partial charge in [0, 0.05) is 16.7 Å². The lowest BCUT2D eigenvalue weighted by Crippen LogP contribution is -2.05. The third-order valence-corrected chi connectivity index (χ3v) is 4.11. The van der Waals surface area contributed by atoms with E-state index in [1.54, 1.807) is 11.8 Å². The van der Waals surface area contributed by atoms with Crippen LogP contribution in [0.2, 0.25) is 5.15 Å².